The molecule has 1 aromatic carbocycles. The molecule has 1 aliphatic heterocycles. The third-order valence-corrected chi connectivity index (χ3v) is 5.52. The summed E-state index contributed by atoms with van der Waals surface area (Å²) in [6.45, 7) is 0.950. The molecule has 1 fully saturated rings. The topological polar surface area (TPSA) is 70.5 Å². The predicted octanol–water partition coefficient (Wildman–Crippen LogP) is 3.82. The number of rotatable bonds is 6. The Kier molecular flexibility index (Phi) is 6.65. The van der Waals surface area contributed by atoms with Crippen molar-refractivity contribution in [3.05, 3.63) is 65.9 Å². The van der Waals surface area contributed by atoms with Gasteiger partial charge < -0.3 is 10.0 Å². The molecular formula is C21H22N2O3S. The van der Waals surface area contributed by atoms with Crippen LogP contribution >= 0.6 is 11.8 Å². The molecule has 27 heavy (non-hydrogen) atoms. The molecule has 2 heterocycles. The maximum atomic E-state index is 12.9. The Morgan fingerprint density at radius 2 is 1.89 bits per heavy atom. The summed E-state index contributed by atoms with van der Waals surface area (Å²) in [5.41, 5.74) is 1.72. The monoisotopic (exact) mass is 382 g/mol. The molecule has 1 aromatic heterocycles. The van der Waals surface area contributed by atoms with Gasteiger partial charge in [-0.1, -0.05) is 42.5 Å². The molecule has 1 saturated heterocycles. The summed E-state index contributed by atoms with van der Waals surface area (Å²) in [6, 6.07) is 13.6. The number of likely N-dealkylation sites (tertiary alicyclic amines) is 1. The van der Waals surface area contributed by atoms with Gasteiger partial charge in [0, 0.05) is 25.0 Å². The van der Waals surface area contributed by atoms with E-state index in [4.69, 9.17) is 5.11 Å². The normalized spacial score (nSPS) is 15.2. The molecule has 0 spiro atoms. The van der Waals surface area contributed by atoms with Crippen LogP contribution in [0, 0.1) is 5.92 Å². The van der Waals surface area contributed by atoms with Crippen molar-refractivity contribution in [2.45, 2.75) is 17.9 Å². The van der Waals surface area contributed by atoms with E-state index in [-0.39, 0.29) is 11.8 Å². The fourth-order valence-electron chi connectivity index (χ4n) is 3.04. The molecule has 3 rings (SSSR count). The van der Waals surface area contributed by atoms with E-state index in [1.165, 1.54) is 11.8 Å². The van der Waals surface area contributed by atoms with Crippen molar-refractivity contribution in [3.8, 4) is 0 Å². The Morgan fingerprint density at radius 1 is 1.15 bits per heavy atom. The maximum Gasteiger partial charge on any atom is 0.306 e. The third kappa shape index (κ3) is 5.20. The molecule has 1 amide bonds. The molecule has 1 aliphatic rings. The van der Waals surface area contributed by atoms with E-state index >= 15 is 0 Å². The highest BCUT2D eigenvalue weighted by Gasteiger charge is 2.28. The molecule has 0 unspecified atom stereocenters. The van der Waals surface area contributed by atoms with Crippen LogP contribution < -0.4 is 0 Å². The number of pyridine rings is 1. The number of nitrogens with zero attached hydrogens (tertiary/aromatic N) is 2. The summed E-state index contributed by atoms with van der Waals surface area (Å²) in [4.78, 5) is 30.0. The van der Waals surface area contributed by atoms with Crippen LogP contribution in [-0.2, 0) is 4.79 Å². The van der Waals surface area contributed by atoms with Crippen molar-refractivity contribution in [2.24, 2.45) is 5.92 Å². The van der Waals surface area contributed by atoms with E-state index in [9.17, 15) is 9.59 Å². The van der Waals surface area contributed by atoms with E-state index < -0.39 is 5.97 Å². The zero-order chi connectivity index (χ0) is 19.1. The van der Waals surface area contributed by atoms with Gasteiger partial charge in [-0.2, -0.15) is 0 Å². The van der Waals surface area contributed by atoms with Gasteiger partial charge in [-0.25, -0.2) is 4.98 Å². The number of carbonyl (C=O) groups excluding carboxylic acids is 1. The highest BCUT2D eigenvalue weighted by molar-refractivity contribution is 7.99. The van der Waals surface area contributed by atoms with Crippen molar-refractivity contribution >= 4 is 29.7 Å². The second kappa shape index (κ2) is 9.37. The number of piperidine rings is 1. The summed E-state index contributed by atoms with van der Waals surface area (Å²) >= 11 is 1.52. The van der Waals surface area contributed by atoms with Crippen LogP contribution in [0.4, 0.5) is 0 Å². The summed E-state index contributed by atoms with van der Waals surface area (Å²) in [6.07, 6.45) is 6.80. The first-order chi connectivity index (χ1) is 13.1. The fraction of sp³-hybridized carbons (Fsp3) is 0.286. The Hall–Kier alpha value is -2.60. The Labute approximate surface area is 163 Å². The van der Waals surface area contributed by atoms with Crippen LogP contribution in [0.25, 0.3) is 6.08 Å². The van der Waals surface area contributed by atoms with E-state index in [0.29, 0.717) is 42.3 Å². The van der Waals surface area contributed by atoms with Gasteiger partial charge in [-0.15, -0.1) is 11.8 Å². The second-order valence-electron chi connectivity index (χ2n) is 6.38. The zero-order valence-electron chi connectivity index (χ0n) is 15.0. The SMILES string of the molecule is O=C(O)C1CCN(C(=O)c2cccnc2SCC=Cc2ccccc2)CC1. The minimum Gasteiger partial charge on any atom is -0.481 e. The first-order valence-corrected chi connectivity index (χ1v) is 9.95. The lowest BCUT2D eigenvalue weighted by molar-refractivity contribution is -0.143. The van der Waals surface area contributed by atoms with Crippen LogP contribution in [0.5, 0.6) is 0 Å². The number of hydrogen-bond acceptors (Lipinski definition) is 4. The maximum absolute atomic E-state index is 12.9. The van der Waals surface area contributed by atoms with Crippen molar-refractivity contribution in [1.82, 2.24) is 9.88 Å². The molecular weight excluding hydrogens is 360 g/mol. The number of benzene rings is 1. The Balaban J connectivity index is 1.61. The first kappa shape index (κ1) is 19.2. The van der Waals surface area contributed by atoms with E-state index in [0.717, 1.165) is 5.56 Å². The fourth-order valence-corrected chi connectivity index (χ4v) is 3.84. The lowest BCUT2D eigenvalue weighted by atomic mass is 9.97. The van der Waals surface area contributed by atoms with Crippen molar-refractivity contribution in [3.63, 3.8) is 0 Å². The summed E-state index contributed by atoms with van der Waals surface area (Å²) in [7, 11) is 0. The van der Waals surface area contributed by atoms with Crippen molar-refractivity contribution in [1.29, 1.82) is 0 Å². The summed E-state index contributed by atoms with van der Waals surface area (Å²) in [5, 5.41) is 9.81. The van der Waals surface area contributed by atoms with E-state index in [1.54, 1.807) is 23.2 Å². The van der Waals surface area contributed by atoms with Crippen LogP contribution in [0.15, 0.2) is 59.8 Å². The summed E-state index contributed by atoms with van der Waals surface area (Å²) < 4.78 is 0. The summed E-state index contributed by atoms with van der Waals surface area (Å²) in [5.74, 6) is -0.473. The second-order valence-corrected chi connectivity index (χ2v) is 7.39. The van der Waals surface area contributed by atoms with Gasteiger partial charge in [0.1, 0.15) is 5.03 Å². The van der Waals surface area contributed by atoms with Gasteiger partial charge in [-0.3, -0.25) is 9.59 Å². The number of carbonyl (C=O) groups is 2. The van der Waals surface area contributed by atoms with Gasteiger partial charge in [0.25, 0.3) is 5.91 Å². The molecule has 0 atom stereocenters. The third-order valence-electron chi connectivity index (χ3n) is 4.56. The van der Waals surface area contributed by atoms with E-state index in [1.807, 2.05) is 36.4 Å². The average Bonchev–Trinajstić information content (AvgIpc) is 2.72. The molecule has 6 heteroatoms. The zero-order valence-corrected chi connectivity index (χ0v) is 15.8. The molecule has 0 bridgehead atoms. The van der Waals surface area contributed by atoms with Crippen LogP contribution in [0.3, 0.4) is 0 Å². The number of amides is 1. The van der Waals surface area contributed by atoms with E-state index in [2.05, 4.69) is 11.1 Å². The molecule has 5 nitrogen and oxygen atoms in total. The largest absolute Gasteiger partial charge is 0.481 e. The first-order valence-electron chi connectivity index (χ1n) is 8.96. The predicted molar refractivity (Wildman–Crippen MR) is 107 cm³/mol. The van der Waals surface area contributed by atoms with Gasteiger partial charge in [0.05, 0.1) is 11.5 Å². The van der Waals surface area contributed by atoms with Crippen LogP contribution in [0.2, 0.25) is 0 Å². The lowest BCUT2D eigenvalue weighted by Gasteiger charge is -2.30. The van der Waals surface area contributed by atoms with Crippen molar-refractivity contribution < 1.29 is 14.7 Å². The van der Waals surface area contributed by atoms with Gasteiger partial charge >= 0.3 is 5.97 Å². The van der Waals surface area contributed by atoms with Gasteiger partial charge in [0.15, 0.2) is 0 Å². The number of hydrogen-bond donors (Lipinski definition) is 1. The molecule has 2 aromatic rings. The minimum atomic E-state index is -0.773. The molecule has 140 valence electrons. The molecule has 0 saturated carbocycles. The smallest absolute Gasteiger partial charge is 0.306 e. The molecule has 1 N–H and O–H groups in total. The highest BCUT2D eigenvalue weighted by atomic mass is 32.2. The number of aromatic nitrogens is 1. The van der Waals surface area contributed by atoms with Gasteiger partial charge in [0.2, 0.25) is 0 Å². The Bertz CT molecular complexity index is 815. The van der Waals surface area contributed by atoms with Crippen molar-refractivity contribution in [2.75, 3.05) is 18.8 Å². The standard InChI is InChI=1S/C21H22N2O3S/c24-20(23-13-10-17(11-14-23)21(25)26)18-9-4-12-22-19(18)27-15-5-8-16-6-2-1-3-7-16/h1-9,12,17H,10-11,13-15H2,(H,25,26). The average molecular weight is 382 g/mol. The Morgan fingerprint density at radius 3 is 2.59 bits per heavy atom. The number of aliphatic carboxylic acids is 1. The molecule has 0 aliphatic carbocycles. The van der Waals surface area contributed by atoms with Crippen LogP contribution in [-0.4, -0.2) is 45.7 Å². The number of carboxylic acids is 1. The van der Waals surface area contributed by atoms with Crippen LogP contribution in [0.1, 0.15) is 28.8 Å². The van der Waals surface area contributed by atoms with Gasteiger partial charge in [-0.05, 0) is 30.5 Å². The minimum absolute atomic E-state index is 0.0681. The number of thioether (sulfide) groups is 1. The number of carboxylic acid groups (broad SMARTS) is 1. The lowest BCUT2D eigenvalue weighted by Crippen LogP contribution is -2.40. The molecule has 0 radical (unpaired) electrons. The quantitative estimate of drug-likeness (QED) is 0.769. The highest BCUT2D eigenvalue weighted by Crippen LogP contribution is 2.24.